The van der Waals surface area contributed by atoms with E-state index in [4.69, 9.17) is 16.3 Å². The summed E-state index contributed by atoms with van der Waals surface area (Å²) in [7, 11) is 0. The maximum atomic E-state index is 11.3. The fraction of sp³-hybridized carbons (Fsp3) is 0.267. The van der Waals surface area contributed by atoms with E-state index in [0.717, 1.165) is 5.69 Å². The fourth-order valence-electron chi connectivity index (χ4n) is 2.34. The first-order valence-corrected chi connectivity index (χ1v) is 7.87. The maximum Gasteiger partial charge on any atom is 0.262 e. The van der Waals surface area contributed by atoms with Crippen molar-refractivity contribution in [3.63, 3.8) is 0 Å². The van der Waals surface area contributed by atoms with Crippen molar-refractivity contribution < 1.29 is 9.53 Å². The lowest BCUT2D eigenvalue weighted by Crippen LogP contribution is -2.25. The second-order valence-electron chi connectivity index (χ2n) is 5.00. The molecule has 21 heavy (non-hydrogen) atoms. The number of hydrogen-bond acceptors (Lipinski definition) is 4. The summed E-state index contributed by atoms with van der Waals surface area (Å²) < 4.78 is 5.42. The molecule has 0 saturated heterocycles. The predicted molar refractivity (Wildman–Crippen MR) is 86.7 cm³/mol. The Balaban J connectivity index is 1.86. The van der Waals surface area contributed by atoms with E-state index in [1.54, 1.807) is 17.4 Å². The van der Waals surface area contributed by atoms with E-state index in [-0.39, 0.29) is 18.6 Å². The number of benzene rings is 1. The fourth-order valence-corrected chi connectivity index (χ4v) is 3.49. The highest BCUT2D eigenvalue weighted by molar-refractivity contribution is 7.10. The molecule has 2 N–H and O–H groups in total. The monoisotopic (exact) mass is 322 g/mol. The van der Waals surface area contributed by atoms with Gasteiger partial charge in [0.1, 0.15) is 5.75 Å². The third-order valence-electron chi connectivity index (χ3n) is 3.37. The van der Waals surface area contributed by atoms with Crippen LogP contribution in [-0.4, -0.2) is 12.5 Å². The summed E-state index contributed by atoms with van der Waals surface area (Å²) in [5.74, 6) is 0.471. The summed E-state index contributed by atoms with van der Waals surface area (Å²) in [4.78, 5) is 12.6. The highest BCUT2D eigenvalue weighted by Crippen LogP contribution is 2.38. The largest absolute Gasteiger partial charge is 0.482 e. The van der Waals surface area contributed by atoms with Crippen LogP contribution in [0.5, 0.6) is 5.75 Å². The van der Waals surface area contributed by atoms with Gasteiger partial charge in [-0.15, -0.1) is 11.3 Å². The third kappa shape index (κ3) is 2.84. The van der Waals surface area contributed by atoms with E-state index in [1.807, 2.05) is 6.07 Å². The van der Waals surface area contributed by atoms with Crippen LogP contribution >= 0.6 is 22.9 Å². The molecule has 1 aliphatic rings. The molecule has 3 rings (SSSR count). The zero-order chi connectivity index (χ0) is 15.0. The van der Waals surface area contributed by atoms with E-state index < -0.39 is 0 Å². The zero-order valence-corrected chi connectivity index (χ0v) is 13.3. The van der Waals surface area contributed by atoms with Crippen molar-refractivity contribution in [2.45, 2.75) is 19.9 Å². The molecule has 0 fully saturated rings. The lowest BCUT2D eigenvalue weighted by atomic mass is 10.1. The number of amides is 1. The minimum atomic E-state index is -0.165. The summed E-state index contributed by atoms with van der Waals surface area (Å²) in [6, 6.07) is 5.80. The molecule has 6 heteroatoms. The number of rotatable bonds is 3. The van der Waals surface area contributed by atoms with Gasteiger partial charge in [0.2, 0.25) is 0 Å². The van der Waals surface area contributed by atoms with Crippen molar-refractivity contribution in [2.75, 3.05) is 17.2 Å². The predicted octanol–water partition coefficient (Wildman–Crippen LogP) is 4.21. The molecule has 0 aliphatic carbocycles. The highest BCUT2D eigenvalue weighted by atomic mass is 35.5. The number of thiophene rings is 1. The molecule has 0 bridgehead atoms. The Morgan fingerprint density at radius 1 is 1.48 bits per heavy atom. The summed E-state index contributed by atoms with van der Waals surface area (Å²) in [5.41, 5.74) is 2.67. The van der Waals surface area contributed by atoms with Crippen LogP contribution in [0.15, 0.2) is 23.6 Å². The molecule has 110 valence electrons. The molecule has 0 saturated carbocycles. The van der Waals surface area contributed by atoms with Crippen molar-refractivity contribution >= 4 is 40.2 Å². The molecule has 4 nitrogen and oxygen atoms in total. The first kappa shape index (κ1) is 14.2. The smallest absolute Gasteiger partial charge is 0.262 e. The molecule has 2 aromatic rings. The van der Waals surface area contributed by atoms with E-state index in [9.17, 15) is 4.79 Å². The third-order valence-corrected chi connectivity index (χ3v) is 4.88. The first-order chi connectivity index (χ1) is 10.0. The SMILES string of the molecule is Cc1ccsc1C(C)Nc1cc2c(cc1Cl)NC(=O)CO2. The molecular weight excluding hydrogens is 308 g/mol. The van der Waals surface area contributed by atoms with E-state index >= 15 is 0 Å². The average molecular weight is 323 g/mol. The van der Waals surface area contributed by atoms with Crippen LogP contribution in [0.25, 0.3) is 0 Å². The van der Waals surface area contributed by atoms with Crippen LogP contribution in [0.2, 0.25) is 5.02 Å². The Kier molecular flexibility index (Phi) is 3.78. The number of hydrogen-bond donors (Lipinski definition) is 2. The van der Waals surface area contributed by atoms with Crippen molar-refractivity contribution in [1.82, 2.24) is 0 Å². The topological polar surface area (TPSA) is 50.4 Å². The van der Waals surface area contributed by atoms with Crippen LogP contribution < -0.4 is 15.4 Å². The summed E-state index contributed by atoms with van der Waals surface area (Å²) >= 11 is 8.01. The van der Waals surface area contributed by atoms with E-state index in [2.05, 4.69) is 35.9 Å². The van der Waals surface area contributed by atoms with Gasteiger partial charge in [-0.25, -0.2) is 0 Å². The van der Waals surface area contributed by atoms with E-state index in [1.165, 1.54) is 10.4 Å². The second-order valence-corrected chi connectivity index (χ2v) is 6.35. The van der Waals surface area contributed by atoms with Crippen LogP contribution in [-0.2, 0) is 4.79 Å². The molecule has 1 amide bonds. The Bertz CT molecular complexity index is 699. The number of carbonyl (C=O) groups excluding carboxylic acids is 1. The second kappa shape index (κ2) is 5.58. The molecule has 0 radical (unpaired) electrons. The molecule has 1 atom stereocenters. The number of fused-ring (bicyclic) bond motifs is 1. The van der Waals surface area contributed by atoms with Gasteiger partial charge in [-0.3, -0.25) is 4.79 Å². The van der Waals surface area contributed by atoms with Gasteiger partial charge in [0.25, 0.3) is 5.91 Å². The zero-order valence-electron chi connectivity index (χ0n) is 11.7. The Labute approximate surface area is 132 Å². The van der Waals surface area contributed by atoms with Crippen LogP contribution in [0.1, 0.15) is 23.4 Å². The van der Waals surface area contributed by atoms with Gasteiger partial charge < -0.3 is 15.4 Å². The number of nitrogens with one attached hydrogen (secondary N) is 2. The minimum absolute atomic E-state index is 0.0354. The Morgan fingerprint density at radius 2 is 2.29 bits per heavy atom. The molecule has 1 unspecified atom stereocenters. The molecule has 1 aromatic heterocycles. The van der Waals surface area contributed by atoms with Crippen LogP contribution in [0.4, 0.5) is 11.4 Å². The summed E-state index contributed by atoms with van der Waals surface area (Å²) in [5, 5.41) is 8.78. The lowest BCUT2D eigenvalue weighted by Gasteiger charge is -2.22. The van der Waals surface area contributed by atoms with E-state index in [0.29, 0.717) is 16.5 Å². The Morgan fingerprint density at radius 3 is 3.00 bits per heavy atom. The molecule has 0 spiro atoms. The van der Waals surface area contributed by atoms with Gasteiger partial charge in [-0.1, -0.05) is 11.6 Å². The normalized spacial score (nSPS) is 14.9. The van der Waals surface area contributed by atoms with Crippen LogP contribution in [0, 0.1) is 6.92 Å². The minimum Gasteiger partial charge on any atom is -0.482 e. The van der Waals surface area contributed by atoms with Gasteiger partial charge in [0.15, 0.2) is 6.61 Å². The average Bonchev–Trinajstić information content (AvgIpc) is 2.86. The molecule has 2 heterocycles. The molecule has 1 aliphatic heterocycles. The first-order valence-electron chi connectivity index (χ1n) is 6.61. The molecule has 1 aromatic carbocycles. The van der Waals surface area contributed by atoms with Crippen molar-refractivity contribution in [2.24, 2.45) is 0 Å². The van der Waals surface area contributed by atoms with Crippen molar-refractivity contribution in [3.8, 4) is 5.75 Å². The van der Waals surface area contributed by atoms with Crippen molar-refractivity contribution in [3.05, 3.63) is 39.0 Å². The summed E-state index contributed by atoms with van der Waals surface area (Å²) in [6.07, 6.45) is 0. The number of aryl methyl sites for hydroxylation is 1. The van der Waals surface area contributed by atoms with Crippen molar-refractivity contribution in [1.29, 1.82) is 0 Å². The van der Waals surface area contributed by atoms with Gasteiger partial charge in [-0.05, 0) is 36.9 Å². The number of carbonyl (C=O) groups is 1. The van der Waals surface area contributed by atoms with Gasteiger partial charge in [0, 0.05) is 10.9 Å². The number of ether oxygens (including phenoxy) is 1. The highest BCUT2D eigenvalue weighted by Gasteiger charge is 2.19. The number of halogens is 1. The van der Waals surface area contributed by atoms with Crippen LogP contribution in [0.3, 0.4) is 0 Å². The standard InChI is InChI=1S/C15H15ClN2O2S/c1-8-3-4-21-15(8)9(2)17-11-6-13-12(5-10(11)16)18-14(19)7-20-13/h3-6,9,17H,7H2,1-2H3,(H,18,19). The molecular formula is C15H15ClN2O2S. The number of anilines is 2. The van der Waals surface area contributed by atoms with Gasteiger partial charge >= 0.3 is 0 Å². The van der Waals surface area contributed by atoms with Gasteiger partial charge in [-0.2, -0.15) is 0 Å². The summed E-state index contributed by atoms with van der Waals surface area (Å²) in [6.45, 7) is 4.22. The van der Waals surface area contributed by atoms with Gasteiger partial charge in [0.05, 0.1) is 22.4 Å². The maximum absolute atomic E-state index is 11.3. The lowest BCUT2D eigenvalue weighted by molar-refractivity contribution is -0.118. The quantitative estimate of drug-likeness (QED) is 0.889. The Hall–Kier alpha value is -1.72.